The van der Waals surface area contributed by atoms with Gasteiger partial charge in [-0.3, -0.25) is 4.99 Å². The molecule has 1 aromatic rings. The molecule has 0 saturated heterocycles. The fourth-order valence-electron chi connectivity index (χ4n) is 2.32. The molecular weight excluding hydrogens is 250 g/mol. The minimum atomic E-state index is 0.0245. The number of methoxy groups -OCH3 is 1. The van der Waals surface area contributed by atoms with E-state index >= 15 is 0 Å². The topological polar surface area (TPSA) is 45.7 Å². The summed E-state index contributed by atoms with van der Waals surface area (Å²) in [6.45, 7) is 0.695. The smallest absolute Gasteiger partial charge is 0.191 e. The Morgan fingerprint density at radius 3 is 2.60 bits per heavy atom. The van der Waals surface area contributed by atoms with Crippen LogP contribution >= 0.6 is 0 Å². The summed E-state index contributed by atoms with van der Waals surface area (Å²) in [5.41, 5.74) is 1.17. The minimum Gasteiger partial charge on any atom is -0.375 e. The van der Waals surface area contributed by atoms with Crippen LogP contribution in [-0.2, 0) is 4.74 Å². The van der Waals surface area contributed by atoms with E-state index in [1.165, 1.54) is 5.56 Å². The Labute approximate surface area is 120 Å². The van der Waals surface area contributed by atoms with Crippen LogP contribution in [0.25, 0.3) is 0 Å². The summed E-state index contributed by atoms with van der Waals surface area (Å²) in [5, 5.41) is 6.75. The van der Waals surface area contributed by atoms with Crippen molar-refractivity contribution in [3.63, 3.8) is 0 Å². The molecule has 4 heteroatoms. The molecule has 0 amide bonds. The maximum absolute atomic E-state index is 5.54. The predicted molar refractivity (Wildman–Crippen MR) is 82.9 cm³/mol. The summed E-state index contributed by atoms with van der Waals surface area (Å²) in [7, 11) is 3.53. The number of ether oxygens (including phenoxy) is 1. The zero-order valence-corrected chi connectivity index (χ0v) is 12.2. The molecule has 0 aliphatic heterocycles. The van der Waals surface area contributed by atoms with Crippen molar-refractivity contribution in [2.75, 3.05) is 20.7 Å². The van der Waals surface area contributed by atoms with Gasteiger partial charge in [0.05, 0.1) is 6.10 Å². The van der Waals surface area contributed by atoms with E-state index in [1.54, 1.807) is 14.2 Å². The molecule has 0 fully saturated rings. The molecule has 1 aliphatic carbocycles. The first-order valence-corrected chi connectivity index (χ1v) is 7.03. The van der Waals surface area contributed by atoms with Crippen LogP contribution in [0, 0.1) is 0 Å². The number of benzene rings is 1. The van der Waals surface area contributed by atoms with Crippen molar-refractivity contribution >= 4 is 5.96 Å². The lowest BCUT2D eigenvalue weighted by Crippen LogP contribution is -2.43. The van der Waals surface area contributed by atoms with E-state index < -0.39 is 0 Å². The quantitative estimate of drug-likeness (QED) is 0.491. The Morgan fingerprint density at radius 2 is 2.00 bits per heavy atom. The molecule has 1 aliphatic rings. The van der Waals surface area contributed by atoms with Crippen molar-refractivity contribution in [1.82, 2.24) is 10.6 Å². The number of aliphatic imine (C=N–C) groups is 1. The van der Waals surface area contributed by atoms with E-state index in [2.05, 4.69) is 39.9 Å². The second kappa shape index (κ2) is 7.70. The second-order valence-electron chi connectivity index (χ2n) is 4.87. The van der Waals surface area contributed by atoms with Crippen LogP contribution in [-0.4, -0.2) is 32.7 Å². The Balaban J connectivity index is 1.85. The van der Waals surface area contributed by atoms with Crippen molar-refractivity contribution < 1.29 is 4.74 Å². The highest BCUT2D eigenvalue weighted by molar-refractivity contribution is 5.80. The lowest BCUT2D eigenvalue weighted by molar-refractivity contribution is 0.106. The van der Waals surface area contributed by atoms with E-state index in [1.807, 2.05) is 18.2 Å². The van der Waals surface area contributed by atoms with E-state index in [-0.39, 0.29) is 6.10 Å². The number of nitrogens with one attached hydrogen (secondary N) is 2. The van der Waals surface area contributed by atoms with Gasteiger partial charge in [0.2, 0.25) is 0 Å². The number of hydrogen-bond donors (Lipinski definition) is 2. The summed E-state index contributed by atoms with van der Waals surface area (Å²) >= 11 is 0. The van der Waals surface area contributed by atoms with Gasteiger partial charge in [-0.05, 0) is 18.4 Å². The van der Waals surface area contributed by atoms with Crippen molar-refractivity contribution in [3.05, 3.63) is 48.0 Å². The summed E-state index contributed by atoms with van der Waals surface area (Å²) in [5.74, 6) is 0.830. The molecular formula is C16H23N3O. The van der Waals surface area contributed by atoms with E-state index in [0.717, 1.165) is 18.8 Å². The lowest BCUT2D eigenvalue weighted by atomic mass is 10.1. The van der Waals surface area contributed by atoms with Gasteiger partial charge < -0.3 is 15.4 Å². The maximum atomic E-state index is 5.54. The van der Waals surface area contributed by atoms with E-state index in [0.29, 0.717) is 12.6 Å². The Morgan fingerprint density at radius 1 is 1.30 bits per heavy atom. The summed E-state index contributed by atoms with van der Waals surface area (Å²) < 4.78 is 5.54. The van der Waals surface area contributed by atoms with Crippen molar-refractivity contribution in [3.8, 4) is 0 Å². The first-order chi connectivity index (χ1) is 9.83. The standard InChI is InChI=1S/C16H23N3O/c1-17-16(19-14-10-6-7-11-14)18-12-15(20-2)13-8-4-3-5-9-13/h3-9,14-15H,10-12H2,1-2H3,(H2,17,18,19). The molecule has 20 heavy (non-hydrogen) atoms. The molecule has 2 rings (SSSR count). The number of hydrogen-bond acceptors (Lipinski definition) is 2. The van der Waals surface area contributed by atoms with Gasteiger partial charge in [-0.15, -0.1) is 0 Å². The molecule has 0 radical (unpaired) electrons. The van der Waals surface area contributed by atoms with Gasteiger partial charge in [0, 0.05) is 26.7 Å². The van der Waals surface area contributed by atoms with E-state index in [4.69, 9.17) is 4.74 Å². The predicted octanol–water partition coefficient (Wildman–Crippen LogP) is 2.26. The number of guanidine groups is 1. The molecule has 1 atom stereocenters. The van der Waals surface area contributed by atoms with E-state index in [9.17, 15) is 0 Å². The second-order valence-corrected chi connectivity index (χ2v) is 4.87. The van der Waals surface area contributed by atoms with Gasteiger partial charge in [-0.2, -0.15) is 0 Å². The van der Waals surface area contributed by atoms with Crippen LogP contribution < -0.4 is 10.6 Å². The zero-order valence-electron chi connectivity index (χ0n) is 12.2. The van der Waals surface area contributed by atoms with Crippen LogP contribution in [0.15, 0.2) is 47.5 Å². The van der Waals surface area contributed by atoms with Crippen LogP contribution in [0.2, 0.25) is 0 Å². The average molecular weight is 273 g/mol. The Bertz CT molecular complexity index is 448. The van der Waals surface area contributed by atoms with Gasteiger partial charge in [0.25, 0.3) is 0 Å². The molecule has 108 valence electrons. The fourth-order valence-corrected chi connectivity index (χ4v) is 2.32. The maximum Gasteiger partial charge on any atom is 0.191 e. The minimum absolute atomic E-state index is 0.0245. The summed E-state index contributed by atoms with van der Waals surface area (Å²) in [6.07, 6.45) is 6.55. The largest absolute Gasteiger partial charge is 0.375 e. The van der Waals surface area contributed by atoms with Crippen LogP contribution in [0.4, 0.5) is 0 Å². The molecule has 4 nitrogen and oxygen atoms in total. The normalized spacial score (nSPS) is 17.2. The average Bonchev–Trinajstić information content (AvgIpc) is 3.00. The highest BCUT2D eigenvalue weighted by Gasteiger charge is 2.14. The first-order valence-electron chi connectivity index (χ1n) is 7.03. The van der Waals surface area contributed by atoms with Crippen LogP contribution in [0.3, 0.4) is 0 Å². The molecule has 0 bridgehead atoms. The van der Waals surface area contributed by atoms with Gasteiger partial charge in [-0.25, -0.2) is 0 Å². The van der Waals surface area contributed by atoms with Crippen molar-refractivity contribution in [2.45, 2.75) is 25.0 Å². The lowest BCUT2D eigenvalue weighted by Gasteiger charge is -2.20. The third-order valence-corrected chi connectivity index (χ3v) is 3.48. The first kappa shape index (κ1) is 14.6. The van der Waals surface area contributed by atoms with Crippen molar-refractivity contribution in [1.29, 1.82) is 0 Å². The van der Waals surface area contributed by atoms with Crippen molar-refractivity contribution in [2.24, 2.45) is 4.99 Å². The Hall–Kier alpha value is -1.81. The fraction of sp³-hybridized carbons (Fsp3) is 0.438. The van der Waals surface area contributed by atoms with Gasteiger partial charge >= 0.3 is 0 Å². The zero-order chi connectivity index (χ0) is 14.2. The molecule has 0 spiro atoms. The van der Waals surface area contributed by atoms with Gasteiger partial charge in [0.15, 0.2) is 5.96 Å². The highest BCUT2D eigenvalue weighted by atomic mass is 16.5. The monoisotopic (exact) mass is 273 g/mol. The molecule has 0 saturated carbocycles. The molecule has 0 heterocycles. The highest BCUT2D eigenvalue weighted by Crippen LogP contribution is 2.15. The van der Waals surface area contributed by atoms with Crippen LogP contribution in [0.5, 0.6) is 0 Å². The summed E-state index contributed by atoms with van der Waals surface area (Å²) in [6, 6.07) is 10.7. The Kier molecular flexibility index (Phi) is 5.62. The number of nitrogens with zero attached hydrogens (tertiary/aromatic N) is 1. The molecule has 1 unspecified atom stereocenters. The van der Waals surface area contributed by atoms with Gasteiger partial charge in [-0.1, -0.05) is 42.5 Å². The SMILES string of the molecule is CN=C(NCC(OC)c1ccccc1)NC1CC=CC1. The molecule has 0 aromatic heterocycles. The molecule has 1 aromatic carbocycles. The molecule has 2 N–H and O–H groups in total. The third-order valence-electron chi connectivity index (χ3n) is 3.48. The number of rotatable bonds is 5. The van der Waals surface area contributed by atoms with Crippen LogP contribution in [0.1, 0.15) is 24.5 Å². The van der Waals surface area contributed by atoms with Gasteiger partial charge in [0.1, 0.15) is 0 Å². The third kappa shape index (κ3) is 4.10. The summed E-state index contributed by atoms with van der Waals surface area (Å²) in [4.78, 5) is 4.26.